The second-order valence-electron chi connectivity index (χ2n) is 18.1. The Morgan fingerprint density at radius 2 is 1.83 bits per heavy atom. The fourth-order valence-electron chi connectivity index (χ4n) is 11.5. The summed E-state index contributed by atoms with van der Waals surface area (Å²) in [7, 11) is 0. The molecule has 59 heavy (non-hydrogen) atoms. The highest BCUT2D eigenvalue weighted by atomic mass is 19.1. The zero-order valence-electron chi connectivity index (χ0n) is 33.8. The Kier molecular flexibility index (Phi) is 9.22. The number of nitrogens with zero attached hydrogens (tertiary/aromatic N) is 9. The first-order valence-corrected chi connectivity index (χ1v) is 21.8. The van der Waals surface area contributed by atoms with Gasteiger partial charge in [0, 0.05) is 81.5 Å². The number of rotatable bonds is 8. The van der Waals surface area contributed by atoms with E-state index in [9.17, 15) is 14.3 Å². The van der Waals surface area contributed by atoms with Gasteiger partial charge in [-0.2, -0.15) is 15.1 Å². The Morgan fingerprint density at radius 1 is 0.983 bits per heavy atom. The van der Waals surface area contributed by atoms with Crippen LogP contribution in [0.25, 0.3) is 10.8 Å². The molecule has 2 aromatic heterocycles. The molecule has 9 heterocycles. The van der Waals surface area contributed by atoms with Gasteiger partial charge >= 0.3 is 6.01 Å². The number of phenolic OH excluding ortho intramolecular Hbond substituents is 1. The average molecular weight is 810 g/mol. The van der Waals surface area contributed by atoms with Crippen LogP contribution in [0.5, 0.6) is 11.8 Å². The topological polar surface area (TPSA) is 116 Å². The molecule has 5 saturated heterocycles. The van der Waals surface area contributed by atoms with Gasteiger partial charge in [0.15, 0.2) is 5.69 Å². The molecule has 2 aromatic carbocycles. The van der Waals surface area contributed by atoms with E-state index in [0.29, 0.717) is 87.7 Å². The molecule has 11 rings (SSSR count). The molecule has 312 valence electrons. The molecule has 1 amide bonds. The summed E-state index contributed by atoms with van der Waals surface area (Å²) in [6.45, 7) is 11.8. The number of likely N-dealkylation sites (tertiary alicyclic amines) is 2. The van der Waals surface area contributed by atoms with Crippen LogP contribution in [0.15, 0.2) is 30.3 Å². The van der Waals surface area contributed by atoms with Crippen LogP contribution in [-0.4, -0.2) is 135 Å². The Bertz CT molecular complexity index is 2290. The lowest BCUT2D eigenvalue weighted by atomic mass is 9.95. The van der Waals surface area contributed by atoms with E-state index in [4.69, 9.17) is 24.5 Å². The fraction of sp³-hybridized carbons (Fsp3) is 0.591. The second kappa shape index (κ2) is 14.5. The van der Waals surface area contributed by atoms with Crippen molar-refractivity contribution in [3.05, 3.63) is 64.4 Å². The molecule has 1 N–H and O–H groups in total. The molecule has 7 aliphatic rings. The highest BCUT2D eigenvalue weighted by Crippen LogP contribution is 2.42. The first kappa shape index (κ1) is 37.4. The van der Waals surface area contributed by atoms with Crippen molar-refractivity contribution in [2.24, 2.45) is 11.8 Å². The van der Waals surface area contributed by atoms with E-state index in [1.165, 1.54) is 6.07 Å². The fourth-order valence-corrected chi connectivity index (χ4v) is 11.5. The number of hydrogen-bond acceptors (Lipinski definition) is 11. The molecule has 0 radical (unpaired) electrons. The quantitative estimate of drug-likeness (QED) is 0.270. The number of alkyl halides is 1. The summed E-state index contributed by atoms with van der Waals surface area (Å²) in [5.74, 6) is 1.67. The zero-order chi connectivity index (χ0) is 40.0. The van der Waals surface area contributed by atoms with Gasteiger partial charge in [-0.05, 0) is 79.6 Å². The molecule has 13 nitrogen and oxygen atoms in total. The van der Waals surface area contributed by atoms with Gasteiger partial charge in [-0.3, -0.25) is 19.3 Å². The molecule has 15 heteroatoms. The number of carbonyl (C=O) groups is 1. The molecule has 0 spiro atoms. The smallest absolute Gasteiger partial charge is 0.318 e. The van der Waals surface area contributed by atoms with Crippen molar-refractivity contribution in [2.45, 2.75) is 82.8 Å². The van der Waals surface area contributed by atoms with Crippen LogP contribution in [0, 0.1) is 17.7 Å². The van der Waals surface area contributed by atoms with Crippen LogP contribution in [0.3, 0.4) is 0 Å². The summed E-state index contributed by atoms with van der Waals surface area (Å²) in [5, 5.41) is 17.3. The predicted octanol–water partition coefficient (Wildman–Crippen LogP) is 4.56. The predicted molar refractivity (Wildman–Crippen MR) is 217 cm³/mol. The Morgan fingerprint density at radius 3 is 2.63 bits per heavy atom. The van der Waals surface area contributed by atoms with Crippen molar-refractivity contribution in [1.82, 2.24) is 34.4 Å². The van der Waals surface area contributed by atoms with Crippen molar-refractivity contribution in [1.29, 1.82) is 0 Å². The number of carbonyl (C=O) groups excluding carboxylic acids is 1. The standard InChI is InChI=1S/C44H53F2N9O4/c1-2-34-36(46)6-5-27-13-33(56)15-39(40(27)34)50-12-7-35-38(23-50)47-43(59-26-44-8-3-10-54(44)21-30(45)16-44)48-41(35)51-9-4-11-55-31(22-51)14-37(49-55)42(57)53-19-28-17-52(18-29(28)20-53)32-24-58-25-32/h5-6,13-15,28-30,32,56H,2-4,7-12,16-26H2,1H3/t28?,29?,30-,44+/m1/s1. The summed E-state index contributed by atoms with van der Waals surface area (Å²) < 4.78 is 43.9. The average Bonchev–Trinajstić information content (AvgIpc) is 4.01. The van der Waals surface area contributed by atoms with Gasteiger partial charge in [-0.1, -0.05) is 13.0 Å². The summed E-state index contributed by atoms with van der Waals surface area (Å²) >= 11 is 0. The van der Waals surface area contributed by atoms with E-state index in [-0.39, 0.29) is 29.0 Å². The third kappa shape index (κ3) is 6.49. The van der Waals surface area contributed by atoms with Gasteiger partial charge in [0.2, 0.25) is 0 Å². The highest BCUT2D eigenvalue weighted by molar-refractivity contribution is 5.98. The van der Waals surface area contributed by atoms with E-state index in [1.807, 2.05) is 22.6 Å². The van der Waals surface area contributed by atoms with Gasteiger partial charge in [0.25, 0.3) is 5.91 Å². The molecule has 4 aromatic rings. The number of aromatic hydroxyl groups is 1. The lowest BCUT2D eigenvalue weighted by molar-refractivity contribution is -0.0598. The molecule has 2 unspecified atom stereocenters. The first-order chi connectivity index (χ1) is 28.7. The van der Waals surface area contributed by atoms with Crippen LogP contribution in [0.4, 0.5) is 20.3 Å². The van der Waals surface area contributed by atoms with E-state index in [1.54, 1.807) is 18.2 Å². The SMILES string of the molecule is CCc1c(F)ccc2cc(O)cc(N3CCc4c(nc(OC[C@@]56CCCN5C[C@H](F)C6)nc4N4CCCn5nc(C(=O)N6CC7CN(C8COC8)CC7C6)cc5C4)C3)c12. The summed E-state index contributed by atoms with van der Waals surface area (Å²) in [5.41, 5.74) is 4.34. The number of ether oxygens (including phenoxy) is 2. The Labute approximate surface area is 342 Å². The zero-order valence-corrected chi connectivity index (χ0v) is 33.8. The maximum absolute atomic E-state index is 15.2. The number of phenols is 1. The number of aryl methyl sites for hydroxylation is 2. The lowest BCUT2D eigenvalue weighted by Crippen LogP contribution is -2.49. The highest BCUT2D eigenvalue weighted by Gasteiger charge is 2.50. The van der Waals surface area contributed by atoms with Gasteiger partial charge in [-0.15, -0.1) is 0 Å². The number of amides is 1. The van der Waals surface area contributed by atoms with Crippen molar-refractivity contribution < 1.29 is 28.2 Å². The third-order valence-electron chi connectivity index (χ3n) is 14.6. The molecule has 0 aliphatic carbocycles. The van der Waals surface area contributed by atoms with Crippen molar-refractivity contribution >= 4 is 28.2 Å². The van der Waals surface area contributed by atoms with Crippen LogP contribution in [0.2, 0.25) is 0 Å². The summed E-state index contributed by atoms with van der Waals surface area (Å²) in [6, 6.07) is 9.40. The molecule has 7 aliphatic heterocycles. The Balaban J connectivity index is 0.889. The maximum Gasteiger partial charge on any atom is 0.318 e. The maximum atomic E-state index is 15.2. The Hall–Kier alpha value is -4.60. The van der Waals surface area contributed by atoms with Gasteiger partial charge in [0.05, 0.1) is 49.3 Å². The molecular formula is C44H53F2N9O4. The second-order valence-corrected chi connectivity index (χ2v) is 18.1. The number of fused-ring (bicyclic) bond motifs is 5. The minimum absolute atomic E-state index is 0.00795. The molecular weight excluding hydrogens is 757 g/mol. The number of anilines is 2. The largest absolute Gasteiger partial charge is 0.508 e. The lowest BCUT2D eigenvalue weighted by Gasteiger charge is -2.35. The van der Waals surface area contributed by atoms with Crippen molar-refractivity contribution in [2.75, 3.05) is 82.0 Å². The van der Waals surface area contributed by atoms with Crippen LogP contribution in [-0.2, 0) is 37.2 Å². The van der Waals surface area contributed by atoms with E-state index >= 15 is 4.39 Å². The van der Waals surface area contributed by atoms with E-state index in [0.717, 1.165) is 111 Å². The number of benzene rings is 2. The molecule has 5 fully saturated rings. The number of aromatic nitrogens is 4. The number of halogens is 2. The monoisotopic (exact) mass is 809 g/mol. The van der Waals surface area contributed by atoms with E-state index < -0.39 is 6.17 Å². The van der Waals surface area contributed by atoms with Crippen molar-refractivity contribution in [3.8, 4) is 11.8 Å². The summed E-state index contributed by atoms with van der Waals surface area (Å²) in [6.07, 6.45) is 3.43. The van der Waals surface area contributed by atoms with Gasteiger partial charge in [-0.25, -0.2) is 8.78 Å². The third-order valence-corrected chi connectivity index (χ3v) is 14.6. The minimum Gasteiger partial charge on any atom is -0.508 e. The molecule has 0 bridgehead atoms. The van der Waals surface area contributed by atoms with Gasteiger partial charge in [0.1, 0.15) is 30.2 Å². The summed E-state index contributed by atoms with van der Waals surface area (Å²) in [4.78, 5) is 35.4. The van der Waals surface area contributed by atoms with Crippen LogP contribution in [0.1, 0.15) is 65.6 Å². The molecule has 4 atom stereocenters. The van der Waals surface area contributed by atoms with Crippen LogP contribution < -0.4 is 14.5 Å². The number of hydrogen-bond donors (Lipinski definition) is 1. The first-order valence-electron chi connectivity index (χ1n) is 21.8. The van der Waals surface area contributed by atoms with Gasteiger partial charge < -0.3 is 29.3 Å². The van der Waals surface area contributed by atoms with E-state index in [2.05, 4.69) is 19.6 Å². The molecule has 0 saturated carbocycles. The van der Waals surface area contributed by atoms with Crippen molar-refractivity contribution in [3.63, 3.8) is 0 Å². The normalized spacial score (nSPS) is 27.2. The minimum atomic E-state index is -0.871. The van der Waals surface area contributed by atoms with Crippen LogP contribution >= 0.6 is 0 Å².